The first-order chi connectivity index (χ1) is 12.8. The van der Waals surface area contributed by atoms with Gasteiger partial charge in [-0.25, -0.2) is 0 Å². The molecule has 142 valence electrons. The van der Waals surface area contributed by atoms with Crippen LogP contribution in [0.4, 0.5) is 5.69 Å². The maximum atomic E-state index is 6.35. The molecule has 0 saturated heterocycles. The van der Waals surface area contributed by atoms with Crippen molar-refractivity contribution in [3.8, 4) is 5.75 Å². The van der Waals surface area contributed by atoms with Crippen molar-refractivity contribution in [3.63, 3.8) is 0 Å². The Morgan fingerprint density at radius 3 is 2.41 bits per heavy atom. The third-order valence-corrected chi connectivity index (χ3v) is 5.90. The van der Waals surface area contributed by atoms with Gasteiger partial charge >= 0.3 is 0 Å². The number of hydrogen-bond donors (Lipinski definition) is 0. The van der Waals surface area contributed by atoms with Crippen LogP contribution in [0.2, 0.25) is 10.0 Å². The van der Waals surface area contributed by atoms with E-state index in [1.807, 2.05) is 42.5 Å². The van der Waals surface area contributed by atoms with E-state index in [4.69, 9.17) is 32.9 Å². The molecule has 2 aromatic rings. The van der Waals surface area contributed by atoms with Crippen molar-refractivity contribution in [2.24, 2.45) is 4.99 Å². The lowest BCUT2D eigenvalue weighted by Crippen LogP contribution is -2.35. The van der Waals surface area contributed by atoms with Gasteiger partial charge in [0.1, 0.15) is 5.75 Å². The summed E-state index contributed by atoms with van der Waals surface area (Å²) in [6, 6.07) is 13.5. The predicted molar refractivity (Wildman–Crippen MR) is 119 cm³/mol. The molecular weight excluding hydrogens is 399 g/mol. The average molecular weight is 421 g/mol. The van der Waals surface area contributed by atoms with Crippen LogP contribution in [0.25, 0.3) is 0 Å². The average Bonchev–Trinajstić information content (AvgIpc) is 2.60. The molecule has 0 unspecified atom stereocenters. The Morgan fingerprint density at radius 1 is 1.07 bits per heavy atom. The smallest absolute Gasteiger partial charge is 0.169 e. The number of thioether (sulfide) groups is 1. The lowest BCUT2D eigenvalue weighted by molar-refractivity contribution is 0.416. The summed E-state index contributed by atoms with van der Waals surface area (Å²) in [6.07, 6.45) is 2.16. The Balaban J connectivity index is 1.97. The van der Waals surface area contributed by atoms with E-state index in [0.717, 1.165) is 27.9 Å². The number of methoxy groups -OCH3 is 1. The molecule has 0 N–H and O–H groups in total. The third-order valence-electron chi connectivity index (χ3n) is 4.22. The summed E-state index contributed by atoms with van der Waals surface area (Å²) in [7, 11) is 1.68. The molecule has 0 amide bonds. The predicted octanol–water partition coefficient (Wildman–Crippen LogP) is 6.79. The Hall–Kier alpha value is -1.62. The zero-order valence-electron chi connectivity index (χ0n) is 15.8. The lowest BCUT2D eigenvalue weighted by Gasteiger charge is -2.35. The maximum absolute atomic E-state index is 6.35. The molecular formula is C21H22Cl2N2OS. The number of hydrogen-bond acceptors (Lipinski definition) is 4. The number of para-hydroxylation sites is 2. The van der Waals surface area contributed by atoms with E-state index in [2.05, 4.69) is 31.7 Å². The molecule has 0 aromatic heterocycles. The first-order valence-corrected chi connectivity index (χ1v) is 10.3. The largest absolute Gasteiger partial charge is 0.495 e. The SMILES string of the molecule is COc1ccccc1N1C(C)=CC(C)(C)N=C1SCc1c(Cl)cccc1Cl. The van der Waals surface area contributed by atoms with Gasteiger partial charge in [-0.3, -0.25) is 9.89 Å². The second kappa shape index (κ2) is 8.17. The number of ether oxygens (including phenoxy) is 1. The molecule has 0 spiro atoms. The standard InChI is InChI=1S/C21H22Cl2N2OS/c1-14-12-21(2,3)24-20(25(14)18-10-5-6-11-19(18)26-4)27-13-15-16(22)8-7-9-17(15)23/h5-12H,13H2,1-4H3. The van der Waals surface area contributed by atoms with Crippen LogP contribution in [-0.2, 0) is 5.75 Å². The number of amidine groups is 1. The summed E-state index contributed by atoms with van der Waals surface area (Å²) >= 11 is 14.3. The molecule has 2 aromatic carbocycles. The molecule has 0 bridgehead atoms. The van der Waals surface area contributed by atoms with Crippen LogP contribution in [-0.4, -0.2) is 17.8 Å². The van der Waals surface area contributed by atoms with Crippen molar-refractivity contribution >= 4 is 45.8 Å². The van der Waals surface area contributed by atoms with Gasteiger partial charge in [0.25, 0.3) is 0 Å². The van der Waals surface area contributed by atoms with Crippen LogP contribution in [0.3, 0.4) is 0 Å². The van der Waals surface area contributed by atoms with E-state index in [0.29, 0.717) is 15.8 Å². The minimum atomic E-state index is -0.283. The summed E-state index contributed by atoms with van der Waals surface area (Å²) in [5, 5.41) is 2.23. The Labute approximate surface area is 175 Å². The summed E-state index contributed by atoms with van der Waals surface area (Å²) in [6.45, 7) is 6.28. The quantitative estimate of drug-likeness (QED) is 0.543. The van der Waals surface area contributed by atoms with E-state index < -0.39 is 0 Å². The van der Waals surface area contributed by atoms with Gasteiger partial charge in [-0.1, -0.05) is 53.2 Å². The van der Waals surface area contributed by atoms with Crippen LogP contribution in [0, 0.1) is 0 Å². The van der Waals surface area contributed by atoms with E-state index in [-0.39, 0.29) is 5.54 Å². The topological polar surface area (TPSA) is 24.8 Å². The Kier molecular flexibility index (Phi) is 6.09. The molecule has 3 nitrogen and oxygen atoms in total. The third kappa shape index (κ3) is 4.45. The summed E-state index contributed by atoms with van der Waals surface area (Å²) < 4.78 is 5.57. The van der Waals surface area contributed by atoms with E-state index in [9.17, 15) is 0 Å². The Bertz CT molecular complexity index is 889. The zero-order chi connectivity index (χ0) is 19.6. The minimum Gasteiger partial charge on any atom is -0.495 e. The second-order valence-corrected chi connectivity index (χ2v) is 8.59. The van der Waals surface area contributed by atoms with Crippen molar-refractivity contribution in [1.82, 2.24) is 0 Å². The van der Waals surface area contributed by atoms with E-state index in [1.54, 1.807) is 18.9 Å². The molecule has 0 radical (unpaired) electrons. The summed E-state index contributed by atoms with van der Waals surface area (Å²) in [5.74, 6) is 1.43. The van der Waals surface area contributed by atoms with Gasteiger partial charge in [-0.2, -0.15) is 0 Å². The molecule has 1 aliphatic heterocycles. The first-order valence-electron chi connectivity index (χ1n) is 8.60. The van der Waals surface area contributed by atoms with Crippen molar-refractivity contribution in [3.05, 3.63) is 69.8 Å². The second-order valence-electron chi connectivity index (χ2n) is 6.83. The van der Waals surface area contributed by atoms with Gasteiger partial charge in [-0.15, -0.1) is 0 Å². The van der Waals surface area contributed by atoms with Crippen molar-refractivity contribution in [2.45, 2.75) is 32.1 Å². The maximum Gasteiger partial charge on any atom is 0.169 e. The summed E-state index contributed by atoms with van der Waals surface area (Å²) in [4.78, 5) is 7.08. The lowest BCUT2D eigenvalue weighted by atomic mass is 10.0. The number of benzene rings is 2. The summed E-state index contributed by atoms with van der Waals surface area (Å²) in [5.41, 5.74) is 2.70. The van der Waals surface area contributed by atoms with Crippen molar-refractivity contribution in [2.75, 3.05) is 12.0 Å². The molecule has 27 heavy (non-hydrogen) atoms. The normalized spacial score (nSPS) is 16.0. The van der Waals surface area contributed by atoms with Gasteiger partial charge in [-0.05, 0) is 56.7 Å². The molecule has 0 fully saturated rings. The van der Waals surface area contributed by atoms with E-state index >= 15 is 0 Å². The number of allylic oxidation sites excluding steroid dienone is 1. The fraction of sp³-hybridized carbons (Fsp3) is 0.286. The van der Waals surface area contributed by atoms with Crippen LogP contribution in [0.1, 0.15) is 26.3 Å². The van der Waals surface area contributed by atoms with Gasteiger partial charge in [0.2, 0.25) is 0 Å². The molecule has 0 saturated carbocycles. The van der Waals surface area contributed by atoms with Gasteiger partial charge in [0.15, 0.2) is 5.17 Å². The monoisotopic (exact) mass is 420 g/mol. The van der Waals surface area contributed by atoms with Crippen molar-refractivity contribution < 1.29 is 4.74 Å². The minimum absolute atomic E-state index is 0.283. The Morgan fingerprint density at radius 2 is 1.74 bits per heavy atom. The van der Waals surface area contributed by atoms with Crippen molar-refractivity contribution in [1.29, 1.82) is 0 Å². The van der Waals surface area contributed by atoms with Crippen LogP contribution < -0.4 is 9.64 Å². The molecule has 0 aliphatic carbocycles. The zero-order valence-corrected chi connectivity index (χ0v) is 18.1. The van der Waals surface area contributed by atoms with Gasteiger partial charge < -0.3 is 4.74 Å². The fourth-order valence-electron chi connectivity index (χ4n) is 3.07. The number of anilines is 1. The fourth-order valence-corrected chi connectivity index (χ4v) is 5.01. The number of rotatable bonds is 4. The highest BCUT2D eigenvalue weighted by atomic mass is 35.5. The highest BCUT2D eigenvalue weighted by Crippen LogP contribution is 2.38. The first kappa shape index (κ1) is 20.1. The van der Waals surface area contributed by atoms with E-state index in [1.165, 1.54) is 0 Å². The molecule has 0 atom stereocenters. The molecule has 6 heteroatoms. The number of aliphatic imine (C=N–C) groups is 1. The van der Waals surface area contributed by atoms with Crippen LogP contribution >= 0.6 is 35.0 Å². The number of nitrogens with zero attached hydrogens (tertiary/aromatic N) is 2. The highest BCUT2D eigenvalue weighted by Gasteiger charge is 2.29. The van der Waals surface area contributed by atoms with Gasteiger partial charge in [0.05, 0.1) is 18.3 Å². The van der Waals surface area contributed by atoms with Crippen LogP contribution in [0.5, 0.6) is 5.75 Å². The molecule has 1 aliphatic rings. The highest BCUT2D eigenvalue weighted by molar-refractivity contribution is 8.13. The number of halogens is 2. The van der Waals surface area contributed by atoms with Crippen LogP contribution in [0.15, 0.2) is 59.2 Å². The molecule has 1 heterocycles. The molecule has 3 rings (SSSR count). The van der Waals surface area contributed by atoms with Gasteiger partial charge in [0, 0.05) is 21.5 Å².